The highest BCUT2D eigenvalue weighted by molar-refractivity contribution is 7.09. The molecule has 0 spiro atoms. The van der Waals surface area contributed by atoms with Crippen LogP contribution in [0.2, 0.25) is 0 Å². The molecule has 1 saturated heterocycles. The van der Waals surface area contributed by atoms with Crippen molar-refractivity contribution in [2.45, 2.75) is 26.3 Å². The molecule has 1 aromatic heterocycles. The van der Waals surface area contributed by atoms with Crippen molar-refractivity contribution in [3.63, 3.8) is 0 Å². The molecule has 3 rings (SSSR count). The molecule has 0 saturated carbocycles. The van der Waals surface area contributed by atoms with Gasteiger partial charge in [-0.15, -0.1) is 11.3 Å². The summed E-state index contributed by atoms with van der Waals surface area (Å²) >= 11 is 1.80. The monoisotopic (exact) mass is 331 g/mol. The van der Waals surface area contributed by atoms with Gasteiger partial charge in [-0.05, 0) is 25.0 Å². The van der Waals surface area contributed by atoms with E-state index in [4.69, 9.17) is 9.72 Å². The van der Waals surface area contributed by atoms with Gasteiger partial charge in [0.2, 0.25) is 0 Å². The molecule has 0 amide bonds. The number of ether oxygens (including phenoxy) is 1. The van der Waals surface area contributed by atoms with Crippen molar-refractivity contribution >= 4 is 17.0 Å². The second-order valence-corrected chi connectivity index (χ2v) is 6.86. The standard InChI is InChI=1S/C18H25N3OS/c1-3-6-18-19-15(14-23-18)13-20-9-11-21(12-10-20)16-7-4-5-8-17(16)22-2/h4-5,7-8,14H,3,6,9-13H2,1-2H3. The van der Waals surface area contributed by atoms with Crippen LogP contribution < -0.4 is 9.64 Å². The maximum absolute atomic E-state index is 5.48. The molecule has 1 aromatic carbocycles. The van der Waals surface area contributed by atoms with E-state index in [-0.39, 0.29) is 0 Å². The van der Waals surface area contributed by atoms with Gasteiger partial charge in [0, 0.05) is 38.1 Å². The van der Waals surface area contributed by atoms with E-state index in [1.54, 1.807) is 18.4 Å². The van der Waals surface area contributed by atoms with E-state index < -0.39 is 0 Å². The number of methoxy groups -OCH3 is 1. The highest BCUT2D eigenvalue weighted by atomic mass is 32.1. The van der Waals surface area contributed by atoms with E-state index in [1.165, 1.54) is 22.8 Å². The third-order valence-electron chi connectivity index (χ3n) is 4.25. The molecular weight excluding hydrogens is 306 g/mol. The zero-order valence-corrected chi connectivity index (χ0v) is 14.8. The van der Waals surface area contributed by atoms with Gasteiger partial charge in [0.1, 0.15) is 5.75 Å². The highest BCUT2D eigenvalue weighted by Crippen LogP contribution is 2.28. The SMILES string of the molecule is CCCc1nc(CN2CCN(c3ccccc3OC)CC2)cs1. The van der Waals surface area contributed by atoms with Crippen molar-refractivity contribution in [3.05, 3.63) is 40.3 Å². The minimum absolute atomic E-state index is 0.963. The first-order chi connectivity index (χ1) is 11.3. The lowest BCUT2D eigenvalue weighted by Gasteiger charge is -2.36. The van der Waals surface area contributed by atoms with Crippen molar-refractivity contribution in [2.75, 3.05) is 38.2 Å². The van der Waals surface area contributed by atoms with Gasteiger partial charge in [-0.25, -0.2) is 4.98 Å². The smallest absolute Gasteiger partial charge is 0.142 e. The highest BCUT2D eigenvalue weighted by Gasteiger charge is 2.20. The summed E-state index contributed by atoms with van der Waals surface area (Å²) in [7, 11) is 1.74. The normalized spacial score (nSPS) is 15.8. The summed E-state index contributed by atoms with van der Waals surface area (Å²) in [5, 5.41) is 3.49. The lowest BCUT2D eigenvalue weighted by molar-refractivity contribution is 0.246. The minimum atomic E-state index is 0.963. The number of thiazole rings is 1. The van der Waals surface area contributed by atoms with Crippen molar-refractivity contribution in [1.82, 2.24) is 9.88 Å². The van der Waals surface area contributed by atoms with Crippen LogP contribution in [0.1, 0.15) is 24.0 Å². The molecule has 0 N–H and O–H groups in total. The molecule has 5 heteroatoms. The van der Waals surface area contributed by atoms with Gasteiger partial charge in [0.25, 0.3) is 0 Å². The van der Waals surface area contributed by atoms with Crippen LogP contribution in [0.3, 0.4) is 0 Å². The molecule has 124 valence electrons. The van der Waals surface area contributed by atoms with Crippen molar-refractivity contribution in [2.24, 2.45) is 0 Å². The predicted molar refractivity (Wildman–Crippen MR) is 96.6 cm³/mol. The maximum atomic E-state index is 5.48. The first kappa shape index (κ1) is 16.3. The van der Waals surface area contributed by atoms with Gasteiger partial charge in [-0.3, -0.25) is 4.90 Å². The molecule has 0 bridgehead atoms. The van der Waals surface area contributed by atoms with Crippen molar-refractivity contribution in [3.8, 4) is 5.75 Å². The van der Waals surface area contributed by atoms with Crippen LogP contribution in [0.5, 0.6) is 5.75 Å². The van der Waals surface area contributed by atoms with Gasteiger partial charge in [-0.2, -0.15) is 0 Å². The van der Waals surface area contributed by atoms with E-state index >= 15 is 0 Å². The molecule has 2 heterocycles. The van der Waals surface area contributed by atoms with E-state index in [0.717, 1.165) is 44.9 Å². The number of rotatable bonds is 6. The van der Waals surface area contributed by atoms with E-state index in [1.807, 2.05) is 12.1 Å². The van der Waals surface area contributed by atoms with Crippen LogP contribution in [0.15, 0.2) is 29.6 Å². The summed E-state index contributed by atoms with van der Waals surface area (Å²) in [4.78, 5) is 9.65. The fourth-order valence-corrected chi connectivity index (χ4v) is 3.91. The van der Waals surface area contributed by atoms with Crippen LogP contribution in [0, 0.1) is 0 Å². The summed E-state index contributed by atoms with van der Waals surface area (Å²) in [6, 6.07) is 8.28. The van der Waals surface area contributed by atoms with E-state index in [2.05, 4.69) is 34.2 Å². The largest absolute Gasteiger partial charge is 0.495 e. The fourth-order valence-electron chi connectivity index (χ4n) is 3.02. The number of para-hydroxylation sites is 2. The average Bonchev–Trinajstić information content (AvgIpc) is 3.03. The zero-order valence-electron chi connectivity index (χ0n) is 14.0. The van der Waals surface area contributed by atoms with E-state index in [0.29, 0.717) is 0 Å². The Kier molecular flexibility index (Phi) is 5.51. The molecule has 0 aliphatic carbocycles. The Morgan fingerprint density at radius 1 is 1.17 bits per heavy atom. The quantitative estimate of drug-likeness (QED) is 0.811. The molecular formula is C18H25N3OS. The van der Waals surface area contributed by atoms with Crippen molar-refractivity contribution < 1.29 is 4.74 Å². The van der Waals surface area contributed by atoms with Gasteiger partial charge < -0.3 is 9.64 Å². The van der Waals surface area contributed by atoms with Crippen LogP contribution >= 0.6 is 11.3 Å². The molecule has 1 fully saturated rings. The van der Waals surface area contributed by atoms with Crippen molar-refractivity contribution in [1.29, 1.82) is 0 Å². The first-order valence-electron chi connectivity index (χ1n) is 8.33. The number of hydrogen-bond donors (Lipinski definition) is 0. The number of piperazine rings is 1. The summed E-state index contributed by atoms with van der Waals surface area (Å²) in [5.41, 5.74) is 2.43. The Balaban J connectivity index is 1.55. The lowest BCUT2D eigenvalue weighted by Crippen LogP contribution is -2.46. The zero-order chi connectivity index (χ0) is 16.1. The second-order valence-electron chi connectivity index (χ2n) is 5.92. The molecule has 0 unspecified atom stereocenters. The Hall–Kier alpha value is -1.59. The van der Waals surface area contributed by atoms with Crippen LogP contribution in [-0.4, -0.2) is 43.2 Å². The Bertz CT molecular complexity index is 620. The molecule has 23 heavy (non-hydrogen) atoms. The number of aryl methyl sites for hydroxylation is 1. The van der Waals surface area contributed by atoms with Gasteiger partial charge >= 0.3 is 0 Å². The van der Waals surface area contributed by atoms with Gasteiger partial charge in [0.05, 0.1) is 23.5 Å². The number of anilines is 1. The molecule has 0 atom stereocenters. The third-order valence-corrected chi connectivity index (χ3v) is 5.20. The molecule has 2 aromatic rings. The molecule has 0 radical (unpaired) electrons. The lowest BCUT2D eigenvalue weighted by atomic mass is 10.2. The summed E-state index contributed by atoms with van der Waals surface area (Å²) in [5.74, 6) is 0.963. The van der Waals surface area contributed by atoms with Gasteiger partial charge in [-0.1, -0.05) is 19.1 Å². The summed E-state index contributed by atoms with van der Waals surface area (Å²) in [6.45, 7) is 7.38. The molecule has 1 aliphatic rings. The molecule has 1 aliphatic heterocycles. The number of benzene rings is 1. The topological polar surface area (TPSA) is 28.6 Å². The molecule has 4 nitrogen and oxygen atoms in total. The van der Waals surface area contributed by atoms with E-state index in [9.17, 15) is 0 Å². The van der Waals surface area contributed by atoms with Crippen LogP contribution in [0.25, 0.3) is 0 Å². The predicted octanol–water partition coefficient (Wildman–Crippen LogP) is 3.43. The Morgan fingerprint density at radius 3 is 2.70 bits per heavy atom. The Labute approximate surface area is 142 Å². The first-order valence-corrected chi connectivity index (χ1v) is 9.21. The number of hydrogen-bond acceptors (Lipinski definition) is 5. The average molecular weight is 331 g/mol. The van der Waals surface area contributed by atoms with Crippen LogP contribution in [-0.2, 0) is 13.0 Å². The Morgan fingerprint density at radius 2 is 1.96 bits per heavy atom. The minimum Gasteiger partial charge on any atom is -0.495 e. The third kappa shape index (κ3) is 4.03. The number of aromatic nitrogens is 1. The second kappa shape index (κ2) is 7.79. The fraction of sp³-hybridized carbons (Fsp3) is 0.500. The van der Waals surface area contributed by atoms with Crippen LogP contribution in [0.4, 0.5) is 5.69 Å². The summed E-state index contributed by atoms with van der Waals surface area (Å²) < 4.78 is 5.48. The summed E-state index contributed by atoms with van der Waals surface area (Å²) in [6.07, 6.45) is 2.27. The maximum Gasteiger partial charge on any atom is 0.142 e. The number of nitrogens with zero attached hydrogens (tertiary/aromatic N) is 3. The van der Waals surface area contributed by atoms with Gasteiger partial charge in [0.15, 0.2) is 0 Å².